The van der Waals surface area contributed by atoms with Gasteiger partial charge in [0.2, 0.25) is 0 Å². The van der Waals surface area contributed by atoms with E-state index in [-0.39, 0.29) is 5.56 Å². The quantitative estimate of drug-likeness (QED) is 0.784. The molecule has 0 aromatic heterocycles. The van der Waals surface area contributed by atoms with Crippen molar-refractivity contribution in [1.82, 2.24) is 5.32 Å². The maximum absolute atomic E-state index is 13.8. The summed E-state index contributed by atoms with van der Waals surface area (Å²) in [6.45, 7) is 1.67. The average Bonchev–Trinajstić information content (AvgIpc) is 3.36. The first-order valence-corrected chi connectivity index (χ1v) is 7.76. The molecule has 1 aromatic rings. The van der Waals surface area contributed by atoms with Gasteiger partial charge in [0.15, 0.2) is 0 Å². The molecule has 0 unspecified atom stereocenters. The first-order chi connectivity index (χ1) is 10.2. The number of halogens is 1. The van der Waals surface area contributed by atoms with Gasteiger partial charge in [-0.25, -0.2) is 9.18 Å². The lowest BCUT2D eigenvalue weighted by Gasteiger charge is -2.16. The molecule has 0 aliphatic heterocycles. The number of hydrogen-bond acceptors (Lipinski definition) is 3. The van der Waals surface area contributed by atoms with E-state index in [9.17, 15) is 9.18 Å². The number of rotatable bonds is 7. The summed E-state index contributed by atoms with van der Waals surface area (Å²) in [5, 5.41) is 3.45. The predicted octanol–water partition coefficient (Wildman–Crippen LogP) is 3.14. The molecular formula is C17H22FNO2. The Bertz CT molecular complexity index is 512. The molecule has 0 heterocycles. The van der Waals surface area contributed by atoms with Gasteiger partial charge in [0, 0.05) is 6.54 Å². The topological polar surface area (TPSA) is 38.3 Å². The van der Waals surface area contributed by atoms with Crippen LogP contribution in [0.25, 0.3) is 0 Å². The Morgan fingerprint density at radius 2 is 2.00 bits per heavy atom. The number of carbonyl (C=O) groups is 1. The first kappa shape index (κ1) is 14.5. The molecule has 114 valence electrons. The van der Waals surface area contributed by atoms with Crippen LogP contribution in [0.5, 0.6) is 0 Å². The van der Waals surface area contributed by atoms with E-state index in [4.69, 9.17) is 0 Å². The van der Waals surface area contributed by atoms with Crippen LogP contribution in [0.15, 0.2) is 18.2 Å². The summed E-state index contributed by atoms with van der Waals surface area (Å²) >= 11 is 0. The number of hydrogen-bond donors (Lipinski definition) is 1. The van der Waals surface area contributed by atoms with Gasteiger partial charge in [-0.05, 0) is 67.7 Å². The van der Waals surface area contributed by atoms with Crippen LogP contribution in [0.4, 0.5) is 4.39 Å². The molecule has 0 saturated heterocycles. The molecule has 3 nitrogen and oxygen atoms in total. The Hall–Kier alpha value is -1.42. The van der Waals surface area contributed by atoms with Crippen LogP contribution in [0.1, 0.15) is 41.6 Å². The summed E-state index contributed by atoms with van der Waals surface area (Å²) in [5.74, 6) is 1.51. The number of carbonyl (C=O) groups excluding carboxylic acids is 1. The van der Waals surface area contributed by atoms with Gasteiger partial charge in [0.25, 0.3) is 0 Å². The third kappa shape index (κ3) is 3.62. The Morgan fingerprint density at radius 3 is 2.52 bits per heavy atom. The van der Waals surface area contributed by atoms with Crippen molar-refractivity contribution in [1.29, 1.82) is 0 Å². The van der Waals surface area contributed by atoms with E-state index in [1.807, 2.05) is 0 Å². The monoisotopic (exact) mass is 291 g/mol. The van der Waals surface area contributed by atoms with E-state index in [0.29, 0.717) is 6.54 Å². The lowest BCUT2D eigenvalue weighted by molar-refractivity contribution is 0.0595. The van der Waals surface area contributed by atoms with Gasteiger partial charge in [-0.1, -0.05) is 6.07 Å². The molecule has 3 rings (SSSR count). The van der Waals surface area contributed by atoms with Crippen molar-refractivity contribution < 1.29 is 13.9 Å². The van der Waals surface area contributed by atoms with E-state index in [2.05, 4.69) is 10.1 Å². The Kier molecular flexibility index (Phi) is 4.24. The molecule has 2 saturated carbocycles. The molecule has 0 atom stereocenters. The van der Waals surface area contributed by atoms with Crippen molar-refractivity contribution in [2.45, 2.75) is 32.2 Å². The second-order valence-electron chi connectivity index (χ2n) is 6.28. The Morgan fingerprint density at radius 1 is 1.33 bits per heavy atom. The first-order valence-electron chi connectivity index (χ1n) is 7.76. The molecule has 0 bridgehead atoms. The molecule has 0 amide bonds. The Labute approximate surface area is 124 Å². The molecule has 2 fully saturated rings. The average molecular weight is 291 g/mol. The summed E-state index contributed by atoms with van der Waals surface area (Å²) in [7, 11) is 1.26. The molecule has 2 aliphatic rings. The van der Waals surface area contributed by atoms with Gasteiger partial charge in [-0.3, -0.25) is 0 Å². The molecule has 21 heavy (non-hydrogen) atoms. The molecule has 0 radical (unpaired) electrons. The predicted molar refractivity (Wildman–Crippen MR) is 78.4 cm³/mol. The zero-order valence-corrected chi connectivity index (χ0v) is 12.4. The van der Waals surface area contributed by atoms with Crippen molar-refractivity contribution in [2.75, 3.05) is 13.7 Å². The van der Waals surface area contributed by atoms with E-state index >= 15 is 0 Å². The summed E-state index contributed by atoms with van der Waals surface area (Å²) < 4.78 is 18.4. The van der Waals surface area contributed by atoms with E-state index in [1.54, 1.807) is 6.07 Å². The second kappa shape index (κ2) is 6.14. The van der Waals surface area contributed by atoms with Crippen LogP contribution in [0.2, 0.25) is 0 Å². The van der Waals surface area contributed by atoms with Gasteiger partial charge < -0.3 is 10.1 Å². The number of benzene rings is 1. The van der Waals surface area contributed by atoms with Crippen LogP contribution in [-0.2, 0) is 11.3 Å². The zero-order chi connectivity index (χ0) is 14.8. The number of esters is 1. The third-order valence-electron chi connectivity index (χ3n) is 4.60. The molecule has 4 heteroatoms. The minimum atomic E-state index is -0.630. The fourth-order valence-electron chi connectivity index (χ4n) is 3.09. The number of methoxy groups -OCH3 is 1. The van der Waals surface area contributed by atoms with Crippen LogP contribution in [0.3, 0.4) is 0 Å². The normalized spacial score (nSPS) is 18.0. The lowest BCUT2D eigenvalue weighted by atomic mass is 9.98. The van der Waals surface area contributed by atoms with Crippen molar-refractivity contribution in [2.24, 2.45) is 17.8 Å². The van der Waals surface area contributed by atoms with Crippen molar-refractivity contribution in [3.05, 3.63) is 35.1 Å². The van der Waals surface area contributed by atoms with Crippen LogP contribution >= 0.6 is 0 Å². The molecule has 1 aromatic carbocycles. The van der Waals surface area contributed by atoms with Crippen molar-refractivity contribution >= 4 is 5.97 Å². The maximum atomic E-state index is 13.8. The summed E-state index contributed by atoms with van der Waals surface area (Å²) in [5.41, 5.74) is 0.862. The molecule has 0 spiro atoms. The van der Waals surface area contributed by atoms with Crippen molar-refractivity contribution in [3.8, 4) is 0 Å². The highest BCUT2D eigenvalue weighted by Crippen LogP contribution is 2.48. The fourth-order valence-corrected chi connectivity index (χ4v) is 3.09. The fraction of sp³-hybridized carbons (Fsp3) is 0.588. The highest BCUT2D eigenvalue weighted by molar-refractivity contribution is 5.89. The SMILES string of the molecule is COC(=O)c1ccc(CNCC(C2CC2)C2CC2)cc1F. The summed E-state index contributed by atoms with van der Waals surface area (Å²) in [4.78, 5) is 11.3. The Balaban J connectivity index is 1.53. The van der Waals surface area contributed by atoms with Gasteiger partial charge in [-0.2, -0.15) is 0 Å². The molecular weight excluding hydrogens is 269 g/mol. The third-order valence-corrected chi connectivity index (χ3v) is 4.60. The number of ether oxygens (including phenoxy) is 1. The standard InChI is InChI=1S/C17H22FNO2/c1-21-17(20)14-7-2-11(8-16(14)18)9-19-10-15(12-3-4-12)13-5-6-13/h2,7-8,12-13,15,19H,3-6,9-10H2,1H3. The van der Waals surface area contributed by atoms with E-state index in [1.165, 1.54) is 44.9 Å². The molecule has 1 N–H and O–H groups in total. The molecule has 2 aliphatic carbocycles. The van der Waals surface area contributed by atoms with E-state index < -0.39 is 11.8 Å². The summed E-state index contributed by atoms with van der Waals surface area (Å²) in [6, 6.07) is 4.70. The minimum Gasteiger partial charge on any atom is -0.465 e. The van der Waals surface area contributed by atoms with Gasteiger partial charge in [0.05, 0.1) is 12.7 Å². The van der Waals surface area contributed by atoms with Crippen molar-refractivity contribution in [3.63, 3.8) is 0 Å². The van der Waals surface area contributed by atoms with Gasteiger partial charge >= 0.3 is 5.97 Å². The van der Waals surface area contributed by atoms with Gasteiger partial charge in [-0.15, -0.1) is 0 Å². The van der Waals surface area contributed by atoms with Crippen LogP contribution in [0, 0.1) is 23.6 Å². The zero-order valence-electron chi connectivity index (χ0n) is 12.4. The van der Waals surface area contributed by atoms with Crippen LogP contribution < -0.4 is 5.32 Å². The maximum Gasteiger partial charge on any atom is 0.340 e. The largest absolute Gasteiger partial charge is 0.465 e. The minimum absolute atomic E-state index is 0.00455. The van der Waals surface area contributed by atoms with Crippen LogP contribution in [-0.4, -0.2) is 19.6 Å². The smallest absolute Gasteiger partial charge is 0.340 e. The summed E-state index contributed by atoms with van der Waals surface area (Å²) in [6.07, 6.45) is 5.52. The van der Waals surface area contributed by atoms with E-state index in [0.717, 1.165) is 29.9 Å². The highest BCUT2D eigenvalue weighted by atomic mass is 19.1. The highest BCUT2D eigenvalue weighted by Gasteiger charge is 2.40. The second-order valence-corrected chi connectivity index (χ2v) is 6.28. The number of nitrogens with one attached hydrogen (secondary N) is 1. The van der Waals surface area contributed by atoms with Gasteiger partial charge in [0.1, 0.15) is 5.82 Å². The lowest BCUT2D eigenvalue weighted by Crippen LogP contribution is -2.25.